The smallest absolute Gasteiger partial charge is 0.271 e. The summed E-state index contributed by atoms with van der Waals surface area (Å²) in [4.78, 5) is 25.4. The summed E-state index contributed by atoms with van der Waals surface area (Å²) in [6.45, 7) is 1.74. The molecule has 10 heteroatoms. The average Bonchev–Trinajstić information content (AvgIpc) is 3.29. The van der Waals surface area contributed by atoms with Crippen LogP contribution in [0.5, 0.6) is 0 Å². The van der Waals surface area contributed by atoms with Gasteiger partial charge < -0.3 is 0 Å². The molecule has 1 heterocycles. The van der Waals surface area contributed by atoms with Crippen molar-refractivity contribution in [2.75, 3.05) is 4.72 Å². The quantitative estimate of drug-likeness (QED) is 0.369. The first-order valence-corrected chi connectivity index (χ1v) is 12.1. The van der Waals surface area contributed by atoms with Crippen LogP contribution in [0.3, 0.4) is 0 Å². The van der Waals surface area contributed by atoms with E-state index in [9.17, 15) is 18.0 Å². The number of hydrogen-bond donors (Lipinski definition) is 3. The van der Waals surface area contributed by atoms with Gasteiger partial charge in [0.05, 0.1) is 5.25 Å². The molecular weight excluding hydrogens is 442 g/mol. The van der Waals surface area contributed by atoms with Crippen molar-refractivity contribution in [1.82, 2.24) is 10.9 Å². The molecular formula is C20H19N3O4S3. The van der Waals surface area contributed by atoms with E-state index in [2.05, 4.69) is 15.6 Å². The number of anilines is 1. The molecule has 0 fully saturated rings. The minimum Gasteiger partial charge on any atom is -0.279 e. The van der Waals surface area contributed by atoms with Crippen LogP contribution in [-0.2, 0) is 14.8 Å². The number of amides is 2. The lowest BCUT2D eigenvalue weighted by Crippen LogP contribution is -2.44. The van der Waals surface area contributed by atoms with Gasteiger partial charge >= 0.3 is 0 Å². The van der Waals surface area contributed by atoms with E-state index in [0.29, 0.717) is 5.69 Å². The van der Waals surface area contributed by atoms with Gasteiger partial charge in [-0.15, -0.1) is 23.1 Å². The Kier molecular flexibility index (Phi) is 7.14. The van der Waals surface area contributed by atoms with Gasteiger partial charge in [0.15, 0.2) is 0 Å². The summed E-state index contributed by atoms with van der Waals surface area (Å²) in [5.41, 5.74) is 5.38. The molecule has 0 spiro atoms. The number of nitrogens with one attached hydrogen (secondary N) is 3. The molecule has 0 saturated carbocycles. The van der Waals surface area contributed by atoms with Gasteiger partial charge in [0, 0.05) is 16.1 Å². The Morgan fingerprint density at radius 2 is 1.63 bits per heavy atom. The van der Waals surface area contributed by atoms with E-state index in [4.69, 9.17) is 0 Å². The van der Waals surface area contributed by atoms with Crippen LogP contribution >= 0.6 is 23.1 Å². The maximum Gasteiger partial charge on any atom is 0.271 e. The number of sulfonamides is 1. The Hall–Kier alpha value is -2.82. The van der Waals surface area contributed by atoms with Crippen LogP contribution in [-0.4, -0.2) is 25.5 Å². The molecule has 2 amide bonds. The third kappa shape index (κ3) is 5.85. The number of thiophene rings is 1. The SMILES string of the molecule is C[C@@H](Sc1ccccc1)C(=O)NNC(=O)c1ccc(NS(=O)(=O)c2cccs2)cc1. The van der Waals surface area contributed by atoms with E-state index in [1.807, 2.05) is 30.3 Å². The maximum absolute atomic E-state index is 12.2. The highest BCUT2D eigenvalue weighted by atomic mass is 32.2. The van der Waals surface area contributed by atoms with Crippen molar-refractivity contribution in [3.8, 4) is 0 Å². The monoisotopic (exact) mass is 461 g/mol. The lowest BCUT2D eigenvalue weighted by atomic mass is 10.2. The third-order valence-corrected chi connectivity index (χ3v) is 7.77. The summed E-state index contributed by atoms with van der Waals surface area (Å²) in [7, 11) is -3.65. The van der Waals surface area contributed by atoms with Crippen LogP contribution in [0.25, 0.3) is 0 Å². The predicted octanol–water partition coefficient (Wildman–Crippen LogP) is 3.49. The molecule has 1 aromatic heterocycles. The number of carbonyl (C=O) groups excluding carboxylic acids is 2. The number of thioether (sulfide) groups is 1. The van der Waals surface area contributed by atoms with Crippen LogP contribution in [0.15, 0.2) is 81.2 Å². The van der Waals surface area contributed by atoms with Gasteiger partial charge in [0.1, 0.15) is 4.21 Å². The van der Waals surface area contributed by atoms with Crippen LogP contribution in [0.2, 0.25) is 0 Å². The molecule has 7 nitrogen and oxygen atoms in total. The summed E-state index contributed by atoms with van der Waals surface area (Å²) in [5.74, 6) is -0.842. The largest absolute Gasteiger partial charge is 0.279 e. The second-order valence-corrected chi connectivity index (χ2v) is 10.4. The first kappa shape index (κ1) is 21.9. The number of benzene rings is 2. The third-order valence-electron chi connectivity index (χ3n) is 3.88. The van der Waals surface area contributed by atoms with Crippen LogP contribution in [0, 0.1) is 0 Å². The molecule has 0 aliphatic rings. The zero-order valence-corrected chi connectivity index (χ0v) is 18.3. The van der Waals surface area contributed by atoms with Gasteiger partial charge in [-0.2, -0.15) is 0 Å². The zero-order valence-electron chi connectivity index (χ0n) is 15.9. The van der Waals surface area contributed by atoms with Crippen molar-refractivity contribution in [1.29, 1.82) is 0 Å². The van der Waals surface area contributed by atoms with Crippen molar-refractivity contribution in [3.63, 3.8) is 0 Å². The molecule has 0 radical (unpaired) electrons. The maximum atomic E-state index is 12.2. The van der Waals surface area contributed by atoms with E-state index >= 15 is 0 Å². The minimum atomic E-state index is -3.65. The molecule has 0 aliphatic carbocycles. The summed E-state index contributed by atoms with van der Waals surface area (Å²) >= 11 is 2.49. The number of hydrazine groups is 1. The fraction of sp³-hybridized carbons (Fsp3) is 0.100. The Morgan fingerprint density at radius 3 is 2.27 bits per heavy atom. The average molecular weight is 462 g/mol. The number of carbonyl (C=O) groups is 2. The van der Waals surface area contributed by atoms with Crippen molar-refractivity contribution in [2.45, 2.75) is 21.3 Å². The molecule has 30 heavy (non-hydrogen) atoms. The van der Waals surface area contributed by atoms with E-state index in [0.717, 1.165) is 16.2 Å². The van der Waals surface area contributed by atoms with Crippen molar-refractivity contribution in [2.24, 2.45) is 0 Å². The second-order valence-electron chi connectivity index (χ2n) is 6.13. The molecule has 2 aromatic carbocycles. The standard InChI is InChI=1S/C20H19N3O4S3/c1-14(29-17-6-3-2-4-7-17)19(24)21-22-20(25)15-9-11-16(12-10-15)23-30(26,27)18-8-5-13-28-18/h2-14,23H,1H3,(H,21,24)(H,22,25)/t14-/m1/s1. The molecule has 0 aliphatic heterocycles. The van der Waals surface area contributed by atoms with Crippen molar-refractivity contribution >= 4 is 50.6 Å². The Morgan fingerprint density at radius 1 is 0.933 bits per heavy atom. The first-order valence-electron chi connectivity index (χ1n) is 8.83. The summed E-state index contributed by atoms with van der Waals surface area (Å²) in [6, 6.07) is 18.5. The van der Waals surface area contributed by atoms with E-state index in [1.54, 1.807) is 18.4 Å². The van der Waals surface area contributed by atoms with Crippen LogP contribution in [0.1, 0.15) is 17.3 Å². The highest BCUT2D eigenvalue weighted by Gasteiger charge is 2.17. The lowest BCUT2D eigenvalue weighted by Gasteiger charge is -2.13. The Labute approximate surface area is 182 Å². The summed E-state index contributed by atoms with van der Waals surface area (Å²) in [6.07, 6.45) is 0. The van der Waals surface area contributed by atoms with Crippen LogP contribution in [0.4, 0.5) is 5.69 Å². The summed E-state index contributed by atoms with van der Waals surface area (Å²) in [5, 5.41) is 1.27. The van der Waals surface area contributed by atoms with Gasteiger partial charge in [-0.25, -0.2) is 8.42 Å². The molecule has 3 rings (SSSR count). The molecule has 156 valence electrons. The Bertz CT molecular complexity index is 1100. The molecule has 3 N–H and O–H groups in total. The molecule has 1 atom stereocenters. The zero-order chi connectivity index (χ0) is 21.6. The molecule has 3 aromatic rings. The second kappa shape index (κ2) is 9.79. The van der Waals surface area contributed by atoms with Gasteiger partial charge in [0.2, 0.25) is 0 Å². The van der Waals surface area contributed by atoms with Gasteiger partial charge in [-0.3, -0.25) is 25.2 Å². The normalized spacial score (nSPS) is 12.0. The van der Waals surface area contributed by atoms with Gasteiger partial charge in [0.25, 0.3) is 21.8 Å². The minimum absolute atomic E-state index is 0.203. The molecule has 0 saturated heterocycles. The van der Waals surface area contributed by atoms with Gasteiger partial charge in [-0.1, -0.05) is 24.3 Å². The predicted molar refractivity (Wildman–Crippen MR) is 119 cm³/mol. The number of hydrogen-bond acceptors (Lipinski definition) is 6. The van der Waals surface area contributed by atoms with Gasteiger partial charge in [-0.05, 0) is 54.8 Å². The van der Waals surface area contributed by atoms with Crippen LogP contribution < -0.4 is 15.6 Å². The highest BCUT2D eigenvalue weighted by Crippen LogP contribution is 2.22. The Balaban J connectivity index is 1.52. The molecule has 0 bridgehead atoms. The fourth-order valence-corrected chi connectivity index (χ4v) is 5.30. The number of rotatable bonds is 7. The van der Waals surface area contributed by atoms with E-state index in [1.165, 1.54) is 42.1 Å². The molecule has 0 unspecified atom stereocenters. The fourth-order valence-electron chi connectivity index (χ4n) is 2.36. The van der Waals surface area contributed by atoms with Crippen molar-refractivity contribution in [3.05, 3.63) is 77.7 Å². The van der Waals surface area contributed by atoms with E-state index in [-0.39, 0.29) is 15.7 Å². The topological polar surface area (TPSA) is 104 Å². The summed E-state index contributed by atoms with van der Waals surface area (Å²) < 4.78 is 27.1. The highest BCUT2D eigenvalue weighted by molar-refractivity contribution is 8.00. The van der Waals surface area contributed by atoms with E-state index < -0.39 is 21.2 Å². The first-order chi connectivity index (χ1) is 14.3. The lowest BCUT2D eigenvalue weighted by molar-refractivity contribution is -0.121. The van der Waals surface area contributed by atoms with Crippen molar-refractivity contribution < 1.29 is 18.0 Å².